The van der Waals surface area contributed by atoms with Crippen molar-refractivity contribution in [2.75, 3.05) is 14.4 Å². The molecule has 0 N–H and O–H groups in total. The van der Waals surface area contributed by atoms with E-state index in [9.17, 15) is 0 Å². The number of hydrogen-bond acceptors (Lipinski definition) is 3. The molecule has 15 heterocycles. The second kappa shape index (κ2) is 15.5. The van der Waals surface area contributed by atoms with E-state index in [2.05, 4.69) is 283 Å². The van der Waals surface area contributed by atoms with Gasteiger partial charge in [0.05, 0.1) is 61.7 Å². The Labute approximate surface area is 496 Å². The summed E-state index contributed by atoms with van der Waals surface area (Å²) in [5, 5.41) is 8.05. The molecular weight excluding hydrogens is 1050 g/mol. The quantitative estimate of drug-likeness (QED) is 0.154. The standard InChI is InChI=1S/C25H20BN4.C23H16BN4.C22H14BN4.CH4/c1-15(2)16-12-17-14-27-10-11-28-25(27)23(17)22(13-16)29-21-9-5-7-19-18-6-3-4-8-20(18)30(24(19)21)26(28)29;1-14-11-15-13-25-9-10-26-23(25)21(15)20(12-14)27-19-8-4-6-17-16-5-2-3-7-18(16)28(22(17)19)24(26)27;1-2-8-17-15(6-1)16-7-4-10-19-21(16)27(17)23-25-12-11-24-13-14-5-3-9-18(26(19)23)20(14)22(24)25;/h3-13,15H,14H2,1-2H3;2-12H,13H2,1H3;1-12H,13H2;1H4/q3*+1;. The van der Waals surface area contributed by atoms with E-state index in [0.717, 1.165) is 19.6 Å². The van der Waals surface area contributed by atoms with Crippen LogP contribution in [0.5, 0.6) is 0 Å². The molecular formula is C71H54B3N12+3. The highest BCUT2D eigenvalue weighted by Crippen LogP contribution is 2.54. The zero-order valence-electron chi connectivity index (χ0n) is 46.9. The summed E-state index contributed by atoms with van der Waals surface area (Å²) in [7, 11) is 0.320. The number of para-hydroxylation sites is 6. The molecule has 6 aromatic heterocycles. The molecule has 0 atom stereocenters. The minimum Gasteiger partial charge on any atom is -0.320 e. The van der Waals surface area contributed by atoms with Crippen LogP contribution >= 0.6 is 0 Å². The Morgan fingerprint density at radius 1 is 0.372 bits per heavy atom. The van der Waals surface area contributed by atoms with Gasteiger partial charge in [0.2, 0.25) is 0 Å². The Hall–Kier alpha value is -10.4. The number of benzene rings is 9. The number of aromatic nitrogens is 9. The van der Waals surface area contributed by atoms with Crippen molar-refractivity contribution in [1.82, 2.24) is 27.1 Å². The Balaban J connectivity index is 0.0000000887. The van der Waals surface area contributed by atoms with E-state index < -0.39 is 0 Å². The van der Waals surface area contributed by atoms with Gasteiger partial charge in [0.15, 0.2) is 0 Å². The monoisotopic (exact) mass is 1110 g/mol. The molecule has 0 unspecified atom stereocenters. The maximum atomic E-state index is 2.57. The van der Waals surface area contributed by atoms with Crippen LogP contribution < -0.4 is 27.9 Å². The van der Waals surface area contributed by atoms with Gasteiger partial charge in [0, 0.05) is 71.2 Å². The molecule has 0 saturated heterocycles. The largest absolute Gasteiger partial charge is 0.643 e. The first-order valence-electron chi connectivity index (χ1n) is 30.1. The van der Waals surface area contributed by atoms with Gasteiger partial charge in [0.1, 0.15) is 56.8 Å². The minimum absolute atomic E-state index is 0. The van der Waals surface area contributed by atoms with Crippen LogP contribution in [0.15, 0.2) is 207 Å². The van der Waals surface area contributed by atoms with Crippen molar-refractivity contribution < 1.29 is 13.4 Å². The van der Waals surface area contributed by atoms with Crippen LogP contribution in [-0.4, -0.2) is 48.5 Å². The molecule has 0 fully saturated rings. The van der Waals surface area contributed by atoms with Crippen molar-refractivity contribution in [3.05, 3.63) is 235 Å². The summed E-state index contributed by atoms with van der Waals surface area (Å²) in [6.07, 6.45) is 13.5. The second-order valence-electron chi connectivity index (χ2n) is 25.2. The van der Waals surface area contributed by atoms with Gasteiger partial charge in [-0.3, -0.25) is 13.4 Å². The maximum Gasteiger partial charge on any atom is 0.643 e. The molecule has 0 aliphatic carbocycles. The van der Waals surface area contributed by atoms with Crippen LogP contribution in [0.1, 0.15) is 55.0 Å². The number of imidazole rings is 3. The average molecular weight is 1110 g/mol. The van der Waals surface area contributed by atoms with E-state index in [1.165, 1.54) is 162 Å². The van der Waals surface area contributed by atoms with Crippen LogP contribution in [0.3, 0.4) is 0 Å². The first-order chi connectivity index (χ1) is 41.9. The predicted molar refractivity (Wildman–Crippen MR) is 347 cm³/mol. The average Bonchev–Trinajstić information content (AvgIpc) is 1.62. The number of aryl methyl sites for hydroxylation is 1. The van der Waals surface area contributed by atoms with E-state index in [1.807, 2.05) is 0 Å². The van der Waals surface area contributed by atoms with E-state index in [1.54, 1.807) is 0 Å². The van der Waals surface area contributed by atoms with Gasteiger partial charge < -0.3 is 27.9 Å². The molecule has 9 aliphatic heterocycles. The van der Waals surface area contributed by atoms with Crippen LogP contribution in [0.4, 0.5) is 34.1 Å². The summed E-state index contributed by atoms with van der Waals surface area (Å²) >= 11 is 0. The molecule has 24 rings (SSSR count). The third-order valence-electron chi connectivity index (χ3n) is 20.6. The molecule has 15 heteroatoms. The lowest BCUT2D eigenvalue weighted by molar-refractivity contribution is -0.528. The molecule has 12 nitrogen and oxygen atoms in total. The van der Waals surface area contributed by atoms with Crippen molar-refractivity contribution in [2.24, 2.45) is 0 Å². The number of anilines is 6. The molecule has 9 aliphatic rings. The van der Waals surface area contributed by atoms with Gasteiger partial charge in [-0.2, -0.15) is 0 Å². The zero-order chi connectivity index (χ0) is 55.1. The summed E-state index contributed by atoms with van der Waals surface area (Å²) in [5.41, 5.74) is 27.2. The fourth-order valence-corrected chi connectivity index (χ4v) is 17.5. The minimum atomic E-state index is 0. The predicted octanol–water partition coefficient (Wildman–Crippen LogP) is 13.3. The fraction of sp³-hybridized carbons (Fsp3) is 0.113. The van der Waals surface area contributed by atoms with Gasteiger partial charge in [-0.15, -0.1) is 0 Å². The van der Waals surface area contributed by atoms with Crippen LogP contribution in [-0.2, 0) is 19.6 Å². The van der Waals surface area contributed by atoms with Crippen molar-refractivity contribution in [2.45, 2.75) is 53.8 Å². The fourth-order valence-electron chi connectivity index (χ4n) is 17.5. The SMILES string of the molecule is C.CC(C)c1cc2c3c(c1)N1B(n4c5ccccc5c5cccc1c54)[n+]1ccn(c1-3)C2.Cc1cc2c3c(c1)N1B(n4c5ccccc5c5cccc1c54)[n+]1ccn(c1-3)C2.c1cc2c3c(c1)N1B(n4c5ccccc5c5cccc1c54)[n+]1ccn(c1-3)C2. The van der Waals surface area contributed by atoms with E-state index in [4.69, 9.17) is 0 Å². The maximum absolute atomic E-state index is 2.57. The summed E-state index contributed by atoms with van der Waals surface area (Å²) in [4.78, 5) is 7.64. The molecule has 404 valence electrons. The summed E-state index contributed by atoms with van der Waals surface area (Å²) in [5.74, 6) is 4.53. The summed E-state index contributed by atoms with van der Waals surface area (Å²) < 4.78 is 22.2. The first kappa shape index (κ1) is 46.0. The van der Waals surface area contributed by atoms with E-state index >= 15 is 0 Å². The number of rotatable bonds is 1. The number of hydrogen-bond donors (Lipinski definition) is 0. The van der Waals surface area contributed by atoms with Gasteiger partial charge in [-0.25, -0.2) is 13.7 Å². The Bertz CT molecular complexity index is 5670. The molecule has 0 radical (unpaired) electrons. The lowest BCUT2D eigenvalue weighted by Crippen LogP contribution is -2.65. The summed E-state index contributed by atoms with van der Waals surface area (Å²) in [6, 6.07) is 63.1. The molecule has 0 saturated carbocycles. The van der Waals surface area contributed by atoms with Crippen LogP contribution in [0.25, 0.3) is 99.6 Å². The van der Waals surface area contributed by atoms with Crippen LogP contribution in [0, 0.1) is 6.92 Å². The van der Waals surface area contributed by atoms with Gasteiger partial charge in [-0.05, 0) is 78.6 Å². The molecule has 9 aromatic carbocycles. The third-order valence-corrected chi connectivity index (χ3v) is 20.6. The zero-order valence-corrected chi connectivity index (χ0v) is 46.9. The second-order valence-corrected chi connectivity index (χ2v) is 25.2. The van der Waals surface area contributed by atoms with Crippen LogP contribution in [0.2, 0.25) is 0 Å². The van der Waals surface area contributed by atoms with Crippen molar-refractivity contribution in [1.29, 1.82) is 0 Å². The molecule has 0 spiro atoms. The Kier molecular flexibility index (Phi) is 8.29. The molecule has 0 bridgehead atoms. The summed E-state index contributed by atoms with van der Waals surface area (Å²) in [6.45, 7) is 9.72. The normalized spacial score (nSPS) is 14.9. The van der Waals surface area contributed by atoms with E-state index in [-0.39, 0.29) is 28.8 Å². The molecule has 0 amide bonds. The smallest absolute Gasteiger partial charge is 0.320 e. The highest BCUT2D eigenvalue weighted by molar-refractivity contribution is 6.64. The number of fused-ring (bicyclic) bond motifs is 24. The Morgan fingerprint density at radius 2 is 0.744 bits per heavy atom. The first-order valence-corrected chi connectivity index (χ1v) is 30.1. The molecule has 15 aromatic rings. The highest BCUT2D eigenvalue weighted by atomic mass is 15.4. The number of nitrogens with zero attached hydrogens (tertiary/aromatic N) is 12. The third kappa shape index (κ3) is 5.18. The van der Waals surface area contributed by atoms with Gasteiger partial charge in [-0.1, -0.05) is 137 Å². The highest BCUT2D eigenvalue weighted by Gasteiger charge is 2.57. The lowest BCUT2D eigenvalue weighted by atomic mass is 9.82. The lowest BCUT2D eigenvalue weighted by Gasteiger charge is -2.29. The topological polar surface area (TPSA) is 50.9 Å². The van der Waals surface area contributed by atoms with Gasteiger partial charge >= 0.3 is 21.4 Å². The Morgan fingerprint density at radius 3 is 1.21 bits per heavy atom. The van der Waals surface area contributed by atoms with E-state index in [0.29, 0.717) is 5.92 Å². The van der Waals surface area contributed by atoms with Crippen molar-refractivity contribution in [3.63, 3.8) is 0 Å². The van der Waals surface area contributed by atoms with Gasteiger partial charge in [0.25, 0.3) is 17.5 Å². The van der Waals surface area contributed by atoms with Crippen molar-refractivity contribution in [3.8, 4) is 34.2 Å². The van der Waals surface area contributed by atoms with Crippen molar-refractivity contribution >= 4 is 121 Å². The molecule has 86 heavy (non-hydrogen) atoms.